The molecular formula is C40H50N5O8P. The zero-order valence-corrected chi connectivity index (χ0v) is 32.8. The van der Waals surface area contributed by atoms with Crippen LogP contribution in [0.5, 0.6) is 11.5 Å². The van der Waals surface area contributed by atoms with E-state index in [2.05, 4.69) is 21.0 Å². The molecule has 0 radical (unpaired) electrons. The number of nitrogens with one attached hydrogen (secondary N) is 2. The van der Waals surface area contributed by atoms with Crippen molar-refractivity contribution in [2.24, 2.45) is 0 Å². The third kappa shape index (κ3) is 10.6. The molecule has 3 aromatic carbocycles. The highest BCUT2D eigenvalue weighted by molar-refractivity contribution is 7.44. The van der Waals surface area contributed by atoms with Crippen LogP contribution < -0.4 is 26.0 Å². The van der Waals surface area contributed by atoms with Crippen LogP contribution in [0.15, 0.2) is 94.6 Å². The van der Waals surface area contributed by atoms with Crippen molar-refractivity contribution >= 4 is 14.4 Å². The minimum atomic E-state index is -1.66. The van der Waals surface area contributed by atoms with E-state index in [0.717, 1.165) is 16.7 Å². The van der Waals surface area contributed by atoms with E-state index in [9.17, 15) is 14.4 Å². The minimum absolute atomic E-state index is 0.0201. The molecule has 1 amide bonds. The van der Waals surface area contributed by atoms with Crippen LogP contribution in [0.1, 0.15) is 56.4 Å². The summed E-state index contributed by atoms with van der Waals surface area (Å²) >= 11 is 0. The van der Waals surface area contributed by atoms with Crippen LogP contribution in [0.25, 0.3) is 0 Å². The lowest BCUT2D eigenvalue weighted by molar-refractivity contribution is -0.130. The Morgan fingerprint density at radius 3 is 1.96 bits per heavy atom. The molecule has 1 heterocycles. The summed E-state index contributed by atoms with van der Waals surface area (Å²) in [6.07, 6.45) is 1.63. The van der Waals surface area contributed by atoms with Crippen molar-refractivity contribution in [2.75, 3.05) is 34.0 Å². The van der Waals surface area contributed by atoms with Gasteiger partial charge in [-0.3, -0.25) is 19.1 Å². The van der Waals surface area contributed by atoms with E-state index in [1.807, 2.05) is 107 Å². The number of rotatable bonds is 20. The SMILES string of the molecule is COc1ccc(C(OCC(=O)N[C@@H](COP(OCCC#N)N(C(C)C)C(C)C)Cn2cc(C)c(=O)[nH]c2=O)(c2ccccc2)c2ccc(OC)cc2)cc1. The van der Waals surface area contributed by atoms with Crippen LogP contribution in [-0.2, 0) is 30.7 Å². The zero-order valence-electron chi connectivity index (χ0n) is 31.9. The molecule has 14 heteroatoms. The number of methoxy groups -OCH3 is 2. The van der Waals surface area contributed by atoms with Crippen LogP contribution >= 0.6 is 8.53 Å². The van der Waals surface area contributed by atoms with Gasteiger partial charge in [-0.2, -0.15) is 5.26 Å². The molecule has 0 aliphatic rings. The summed E-state index contributed by atoms with van der Waals surface area (Å²) in [6, 6.07) is 26.0. The second-order valence-corrected chi connectivity index (χ2v) is 14.6. The van der Waals surface area contributed by atoms with Gasteiger partial charge in [-0.05, 0) is 75.6 Å². The van der Waals surface area contributed by atoms with Crippen molar-refractivity contribution < 1.29 is 28.1 Å². The second-order valence-electron chi connectivity index (χ2n) is 13.1. The molecule has 0 spiro atoms. The van der Waals surface area contributed by atoms with Gasteiger partial charge in [-0.25, -0.2) is 9.46 Å². The lowest BCUT2D eigenvalue weighted by Gasteiger charge is -2.37. The Labute approximate surface area is 317 Å². The topological polar surface area (TPSA) is 157 Å². The number of H-pyrrole nitrogens is 1. The molecule has 4 aromatic rings. The fourth-order valence-corrected chi connectivity index (χ4v) is 7.77. The quantitative estimate of drug-likeness (QED) is 0.0656. The molecule has 0 bridgehead atoms. The highest BCUT2D eigenvalue weighted by Gasteiger charge is 2.39. The predicted octanol–water partition coefficient (Wildman–Crippen LogP) is 5.65. The average Bonchev–Trinajstić information content (AvgIpc) is 3.16. The number of nitrogens with zero attached hydrogens (tertiary/aromatic N) is 3. The zero-order chi connectivity index (χ0) is 39.3. The largest absolute Gasteiger partial charge is 0.497 e. The number of hydrogen-bond donors (Lipinski definition) is 2. The van der Waals surface area contributed by atoms with Crippen LogP contribution in [-0.4, -0.2) is 72.3 Å². The van der Waals surface area contributed by atoms with Gasteiger partial charge in [0, 0.05) is 30.4 Å². The van der Waals surface area contributed by atoms with Gasteiger partial charge in [0.1, 0.15) is 23.7 Å². The third-order valence-corrected chi connectivity index (χ3v) is 10.7. The summed E-state index contributed by atoms with van der Waals surface area (Å²) in [5.41, 5.74) is 0.273. The monoisotopic (exact) mass is 759 g/mol. The molecule has 288 valence electrons. The maximum atomic E-state index is 14.0. The van der Waals surface area contributed by atoms with Crippen LogP contribution in [0.3, 0.4) is 0 Å². The highest BCUT2D eigenvalue weighted by atomic mass is 31.2. The Morgan fingerprint density at radius 2 is 1.44 bits per heavy atom. The lowest BCUT2D eigenvalue weighted by atomic mass is 9.80. The molecule has 54 heavy (non-hydrogen) atoms. The van der Waals surface area contributed by atoms with Crippen molar-refractivity contribution in [3.8, 4) is 17.6 Å². The number of benzene rings is 3. The first-order valence-corrected chi connectivity index (χ1v) is 18.9. The van der Waals surface area contributed by atoms with Crippen molar-refractivity contribution in [3.05, 3.63) is 128 Å². The fourth-order valence-electron chi connectivity index (χ4n) is 6.12. The Morgan fingerprint density at radius 1 is 0.889 bits per heavy atom. The van der Waals surface area contributed by atoms with Gasteiger partial charge >= 0.3 is 5.69 Å². The van der Waals surface area contributed by atoms with Gasteiger partial charge in [0.15, 0.2) is 0 Å². The van der Waals surface area contributed by atoms with Gasteiger partial charge in [-0.15, -0.1) is 0 Å². The Kier molecular flexibility index (Phi) is 15.5. The van der Waals surface area contributed by atoms with Gasteiger partial charge in [-0.1, -0.05) is 54.6 Å². The summed E-state index contributed by atoms with van der Waals surface area (Å²) in [6.45, 7) is 9.40. The van der Waals surface area contributed by atoms with E-state index in [0.29, 0.717) is 17.1 Å². The Balaban J connectivity index is 1.70. The molecule has 0 fully saturated rings. The van der Waals surface area contributed by atoms with Crippen molar-refractivity contribution in [1.82, 2.24) is 19.5 Å². The summed E-state index contributed by atoms with van der Waals surface area (Å²) in [4.78, 5) is 41.4. The number of aromatic nitrogens is 2. The molecule has 0 saturated carbocycles. The Hall–Kier alpha value is -4.83. The smallest absolute Gasteiger partial charge is 0.328 e. The van der Waals surface area contributed by atoms with Crippen molar-refractivity contribution in [1.29, 1.82) is 5.26 Å². The van der Waals surface area contributed by atoms with Crippen molar-refractivity contribution in [3.63, 3.8) is 0 Å². The van der Waals surface area contributed by atoms with Gasteiger partial charge in [0.2, 0.25) is 5.91 Å². The van der Waals surface area contributed by atoms with E-state index < -0.39 is 37.3 Å². The van der Waals surface area contributed by atoms with Gasteiger partial charge < -0.3 is 28.6 Å². The van der Waals surface area contributed by atoms with E-state index >= 15 is 0 Å². The van der Waals surface area contributed by atoms with E-state index in [1.165, 1.54) is 10.8 Å². The molecule has 13 nitrogen and oxygen atoms in total. The molecule has 0 aliphatic heterocycles. The number of aromatic amines is 1. The number of hydrogen-bond acceptors (Lipinski definition) is 10. The summed E-state index contributed by atoms with van der Waals surface area (Å²) < 4.78 is 33.5. The first-order valence-electron chi connectivity index (χ1n) is 17.7. The molecular weight excluding hydrogens is 709 g/mol. The molecule has 2 N–H and O–H groups in total. The number of amides is 1. The number of aryl methyl sites for hydroxylation is 1. The molecule has 2 atom stereocenters. The number of ether oxygens (including phenoxy) is 3. The molecule has 1 unspecified atom stereocenters. The Bertz CT molecular complexity index is 1890. The maximum Gasteiger partial charge on any atom is 0.328 e. The molecule has 1 aromatic heterocycles. The lowest BCUT2D eigenvalue weighted by Crippen LogP contribution is -2.47. The van der Waals surface area contributed by atoms with Gasteiger partial charge in [0.05, 0.1) is 46.0 Å². The normalized spacial score (nSPS) is 12.8. The number of nitriles is 1. The maximum absolute atomic E-state index is 14.0. The third-order valence-electron chi connectivity index (χ3n) is 8.61. The first kappa shape index (κ1) is 41.9. The molecule has 0 saturated heterocycles. The van der Waals surface area contributed by atoms with Gasteiger partial charge in [0.25, 0.3) is 14.1 Å². The van der Waals surface area contributed by atoms with E-state index in [4.69, 9.17) is 28.5 Å². The summed E-state index contributed by atoms with van der Waals surface area (Å²) in [7, 11) is 1.53. The first-order chi connectivity index (χ1) is 25.9. The number of carbonyl (C=O) groups excluding carboxylic acids is 1. The average molecular weight is 760 g/mol. The molecule has 0 aliphatic carbocycles. The van der Waals surface area contributed by atoms with E-state index in [-0.39, 0.29) is 44.9 Å². The number of carbonyl (C=O) groups is 1. The summed E-state index contributed by atoms with van der Waals surface area (Å²) in [5, 5.41) is 12.2. The predicted molar refractivity (Wildman–Crippen MR) is 207 cm³/mol. The minimum Gasteiger partial charge on any atom is -0.497 e. The van der Waals surface area contributed by atoms with Crippen LogP contribution in [0.4, 0.5) is 0 Å². The van der Waals surface area contributed by atoms with Crippen LogP contribution in [0, 0.1) is 18.3 Å². The molecule has 4 rings (SSSR count). The van der Waals surface area contributed by atoms with Crippen LogP contribution in [0.2, 0.25) is 0 Å². The van der Waals surface area contributed by atoms with E-state index in [1.54, 1.807) is 21.1 Å². The summed E-state index contributed by atoms with van der Waals surface area (Å²) in [5.74, 6) is 0.849. The fraction of sp³-hybridized carbons (Fsp3) is 0.400. The second kappa shape index (κ2) is 20.0. The standard InChI is InChI=1S/C40H50N5O8P/c1-28(2)45(29(3)4)54(52-23-11-22-41)53-26-34(25-44-24-30(5)38(47)43-39(44)48)42-37(46)27-51-40(31-12-9-8-10-13-31,32-14-18-35(49-6)19-15-32)33-16-20-36(50-7)21-17-33/h8-10,12-21,24,28-29,34H,11,23,25-27H2,1-7H3,(H,42,46)(H,43,47,48)/t34-,54?/m1/s1. The highest BCUT2D eigenvalue weighted by Crippen LogP contribution is 2.46. The van der Waals surface area contributed by atoms with Crippen molar-refractivity contribution in [2.45, 2.75) is 71.3 Å².